The summed E-state index contributed by atoms with van der Waals surface area (Å²) < 4.78 is 5.98. The lowest BCUT2D eigenvalue weighted by Gasteiger charge is -2.21. The van der Waals surface area contributed by atoms with Crippen molar-refractivity contribution in [1.29, 1.82) is 0 Å². The van der Waals surface area contributed by atoms with E-state index in [2.05, 4.69) is 63.2 Å². The Kier molecular flexibility index (Phi) is 7.91. The van der Waals surface area contributed by atoms with Gasteiger partial charge in [-0.1, -0.05) is 73.7 Å². The topological polar surface area (TPSA) is 52.1 Å². The normalized spacial score (nSPS) is 12.6. The molecule has 4 nitrogen and oxygen atoms in total. The van der Waals surface area contributed by atoms with Crippen LogP contribution >= 0.6 is 15.9 Å². The summed E-state index contributed by atoms with van der Waals surface area (Å²) in [7, 11) is 0. The lowest BCUT2D eigenvalue weighted by Crippen LogP contribution is -2.23. The zero-order valence-corrected chi connectivity index (χ0v) is 18.7. The molecule has 1 aromatic heterocycles. The molecule has 30 heavy (non-hydrogen) atoms. The van der Waals surface area contributed by atoms with Crippen LogP contribution in [-0.4, -0.2) is 22.5 Å². The summed E-state index contributed by atoms with van der Waals surface area (Å²) in [5.41, 5.74) is 4.06. The Labute approximate surface area is 186 Å². The van der Waals surface area contributed by atoms with E-state index in [-0.39, 0.29) is 11.9 Å². The van der Waals surface area contributed by atoms with Gasteiger partial charge in [0.15, 0.2) is 0 Å². The Morgan fingerprint density at radius 1 is 1.00 bits per heavy atom. The van der Waals surface area contributed by atoms with E-state index in [4.69, 9.17) is 4.74 Å². The molecule has 1 heterocycles. The van der Waals surface area contributed by atoms with Gasteiger partial charge in [0, 0.05) is 0 Å². The number of carbonyl (C=O) groups excluding carboxylic acids is 1. The second-order valence-corrected chi connectivity index (χ2v) is 7.87. The summed E-state index contributed by atoms with van der Waals surface area (Å²) in [5.74, 6) is -0.757. The second-order valence-electron chi connectivity index (χ2n) is 7.06. The first-order valence-electron chi connectivity index (χ1n) is 10.0. The van der Waals surface area contributed by atoms with E-state index < -0.39 is 5.92 Å². The lowest BCUT2D eigenvalue weighted by molar-refractivity contribution is -0.146. The summed E-state index contributed by atoms with van der Waals surface area (Å²) in [6.45, 7) is 4.20. The molecule has 0 fully saturated rings. The first-order valence-corrected chi connectivity index (χ1v) is 10.8. The molecule has 2 atom stereocenters. The zero-order valence-electron chi connectivity index (χ0n) is 17.2. The summed E-state index contributed by atoms with van der Waals surface area (Å²) in [6.07, 6.45) is 6.15. The first-order chi connectivity index (χ1) is 14.6. The Balaban J connectivity index is 1.92. The van der Waals surface area contributed by atoms with Gasteiger partial charge in [0.25, 0.3) is 0 Å². The summed E-state index contributed by atoms with van der Waals surface area (Å²) in [4.78, 5) is 21.4. The quantitative estimate of drug-likeness (QED) is 0.381. The number of hydrogen-bond donors (Lipinski definition) is 0. The smallest absolute Gasteiger partial charge is 0.315 e. The molecule has 154 valence electrons. The van der Waals surface area contributed by atoms with Crippen molar-refractivity contribution in [3.63, 3.8) is 0 Å². The van der Waals surface area contributed by atoms with Gasteiger partial charge in [0.05, 0.1) is 24.7 Å². The number of halogens is 1. The fourth-order valence-electron chi connectivity index (χ4n) is 3.44. The third kappa shape index (κ3) is 5.63. The summed E-state index contributed by atoms with van der Waals surface area (Å²) >= 11 is 3.30. The molecule has 3 rings (SSSR count). The largest absolute Gasteiger partial charge is 0.465 e. The highest BCUT2D eigenvalue weighted by Crippen LogP contribution is 2.31. The van der Waals surface area contributed by atoms with Crippen LogP contribution in [0.25, 0.3) is 5.57 Å². The van der Waals surface area contributed by atoms with E-state index in [9.17, 15) is 4.79 Å². The molecule has 0 N–H and O–H groups in total. The van der Waals surface area contributed by atoms with Crippen molar-refractivity contribution in [3.05, 3.63) is 101 Å². The molecule has 5 heteroatoms. The molecule has 2 aromatic carbocycles. The monoisotopic (exact) mass is 464 g/mol. The van der Waals surface area contributed by atoms with Gasteiger partial charge in [-0.05, 0) is 51.9 Å². The van der Waals surface area contributed by atoms with Gasteiger partial charge >= 0.3 is 5.97 Å². The Morgan fingerprint density at radius 3 is 2.10 bits per heavy atom. The maximum absolute atomic E-state index is 12.7. The van der Waals surface area contributed by atoms with Crippen molar-refractivity contribution in [2.45, 2.75) is 26.2 Å². The van der Waals surface area contributed by atoms with Crippen molar-refractivity contribution in [2.75, 3.05) is 6.61 Å². The van der Waals surface area contributed by atoms with Crippen molar-refractivity contribution in [2.24, 2.45) is 5.92 Å². The molecule has 0 saturated carbocycles. The average Bonchev–Trinajstić information content (AvgIpc) is 2.77. The van der Waals surface area contributed by atoms with Crippen LogP contribution < -0.4 is 0 Å². The van der Waals surface area contributed by atoms with E-state index in [1.54, 1.807) is 12.4 Å². The molecule has 0 amide bonds. The van der Waals surface area contributed by atoms with Crippen LogP contribution in [0, 0.1) is 5.92 Å². The SMILES string of the molecule is CCOC(=O)C(c1cnc(Br)cn1)C(C)CC=C(c1ccccc1)c1ccccc1. The van der Waals surface area contributed by atoms with Gasteiger partial charge in [0.1, 0.15) is 10.5 Å². The Morgan fingerprint density at radius 2 is 1.60 bits per heavy atom. The highest BCUT2D eigenvalue weighted by Gasteiger charge is 2.29. The van der Waals surface area contributed by atoms with E-state index in [1.807, 2.05) is 43.3 Å². The number of hydrogen-bond acceptors (Lipinski definition) is 4. The number of esters is 1. The van der Waals surface area contributed by atoms with Crippen LogP contribution in [-0.2, 0) is 9.53 Å². The molecule has 2 unspecified atom stereocenters. The predicted octanol–water partition coefficient (Wildman–Crippen LogP) is 6.04. The molecule has 0 radical (unpaired) electrons. The number of nitrogens with zero attached hydrogens (tertiary/aromatic N) is 2. The van der Waals surface area contributed by atoms with Crippen LogP contribution in [0.2, 0.25) is 0 Å². The van der Waals surface area contributed by atoms with Gasteiger partial charge in [-0.25, -0.2) is 4.98 Å². The van der Waals surface area contributed by atoms with Crippen LogP contribution in [0.5, 0.6) is 0 Å². The second kappa shape index (κ2) is 10.8. The molecule has 0 aliphatic rings. The molecule has 0 aliphatic heterocycles. The third-order valence-electron chi connectivity index (χ3n) is 4.93. The molecule has 0 bridgehead atoms. The molecular formula is C25H25BrN2O2. The molecule has 0 aliphatic carbocycles. The van der Waals surface area contributed by atoms with Gasteiger partial charge in [-0.3, -0.25) is 9.78 Å². The zero-order chi connectivity index (χ0) is 21.3. The Bertz CT molecular complexity index is 932. The number of ether oxygens (including phenoxy) is 1. The minimum atomic E-state index is -0.477. The van der Waals surface area contributed by atoms with E-state index in [0.717, 1.165) is 16.7 Å². The molecule has 3 aromatic rings. The molecule has 0 saturated heterocycles. The van der Waals surface area contributed by atoms with Crippen molar-refractivity contribution in [3.8, 4) is 0 Å². The first kappa shape index (κ1) is 21.9. The molecule has 0 spiro atoms. The predicted molar refractivity (Wildman–Crippen MR) is 123 cm³/mol. The number of rotatable bonds is 8. The fraction of sp³-hybridized carbons (Fsp3) is 0.240. The van der Waals surface area contributed by atoms with Gasteiger partial charge in [-0.15, -0.1) is 0 Å². The van der Waals surface area contributed by atoms with Crippen LogP contribution in [0.15, 0.2) is 83.7 Å². The maximum atomic E-state index is 12.7. The van der Waals surface area contributed by atoms with Crippen LogP contribution in [0.4, 0.5) is 0 Å². The summed E-state index contributed by atoms with van der Waals surface area (Å²) in [6, 6.07) is 20.6. The van der Waals surface area contributed by atoms with Crippen molar-refractivity contribution >= 4 is 27.5 Å². The van der Waals surface area contributed by atoms with Gasteiger partial charge < -0.3 is 4.74 Å². The highest BCUT2D eigenvalue weighted by molar-refractivity contribution is 9.10. The number of allylic oxidation sites excluding steroid dienone is 1. The van der Waals surface area contributed by atoms with Crippen molar-refractivity contribution < 1.29 is 9.53 Å². The highest BCUT2D eigenvalue weighted by atomic mass is 79.9. The molecular weight excluding hydrogens is 440 g/mol. The number of carbonyl (C=O) groups is 1. The van der Waals surface area contributed by atoms with Crippen LogP contribution in [0.3, 0.4) is 0 Å². The minimum absolute atomic E-state index is 0.0121. The number of aromatic nitrogens is 2. The standard InChI is InChI=1S/C25H25BrN2O2/c1-3-30-25(29)24(22-16-28-23(26)17-27-22)18(2)14-15-21(19-10-6-4-7-11-19)20-12-8-5-9-13-20/h4-13,15-18,24H,3,14H2,1-2H3. The lowest BCUT2D eigenvalue weighted by atomic mass is 9.86. The van der Waals surface area contributed by atoms with Crippen LogP contribution in [0.1, 0.15) is 43.0 Å². The Hall–Kier alpha value is -2.79. The third-order valence-corrected chi connectivity index (χ3v) is 5.34. The van der Waals surface area contributed by atoms with E-state index in [1.165, 1.54) is 0 Å². The van der Waals surface area contributed by atoms with E-state index >= 15 is 0 Å². The van der Waals surface area contributed by atoms with E-state index in [0.29, 0.717) is 23.3 Å². The maximum Gasteiger partial charge on any atom is 0.315 e. The van der Waals surface area contributed by atoms with Gasteiger partial charge in [0.2, 0.25) is 0 Å². The van der Waals surface area contributed by atoms with Gasteiger partial charge in [-0.2, -0.15) is 0 Å². The number of benzene rings is 2. The minimum Gasteiger partial charge on any atom is -0.465 e. The van der Waals surface area contributed by atoms with Crippen molar-refractivity contribution in [1.82, 2.24) is 9.97 Å². The summed E-state index contributed by atoms with van der Waals surface area (Å²) in [5, 5.41) is 0. The fourth-order valence-corrected chi connectivity index (χ4v) is 3.64. The average molecular weight is 465 g/mol.